The average molecular weight is 247 g/mol. The van der Waals surface area contributed by atoms with Gasteiger partial charge in [-0.3, -0.25) is 0 Å². The first-order valence-corrected chi connectivity index (χ1v) is 7.07. The first-order chi connectivity index (χ1) is 8.50. The van der Waals surface area contributed by atoms with Crippen LogP contribution in [-0.2, 0) is 6.42 Å². The largest absolute Gasteiger partial charge is 0.390 e. The lowest BCUT2D eigenvalue weighted by atomic mass is 9.84. The second kappa shape index (κ2) is 5.31. The fourth-order valence-electron chi connectivity index (χ4n) is 2.73. The van der Waals surface area contributed by atoms with E-state index in [1.165, 1.54) is 17.7 Å². The molecule has 1 aliphatic heterocycles. The van der Waals surface area contributed by atoms with E-state index in [9.17, 15) is 5.11 Å². The fourth-order valence-corrected chi connectivity index (χ4v) is 2.73. The summed E-state index contributed by atoms with van der Waals surface area (Å²) in [5.74, 6) is 0.372. The van der Waals surface area contributed by atoms with E-state index in [1.54, 1.807) is 0 Å². The van der Waals surface area contributed by atoms with Crippen LogP contribution in [0.2, 0.25) is 0 Å². The molecule has 1 aromatic carbocycles. The Labute approximate surface area is 111 Å². The van der Waals surface area contributed by atoms with E-state index < -0.39 is 5.60 Å². The summed E-state index contributed by atoms with van der Waals surface area (Å²) in [5.41, 5.74) is 2.11. The van der Waals surface area contributed by atoms with Crippen LogP contribution in [0, 0.1) is 5.92 Å². The molecule has 100 valence electrons. The van der Waals surface area contributed by atoms with Gasteiger partial charge in [0.25, 0.3) is 0 Å². The molecule has 1 fully saturated rings. The molecule has 0 aromatic heterocycles. The molecule has 1 atom stereocenters. The van der Waals surface area contributed by atoms with Gasteiger partial charge in [0.1, 0.15) is 0 Å². The van der Waals surface area contributed by atoms with E-state index in [0.29, 0.717) is 5.92 Å². The maximum atomic E-state index is 10.2. The summed E-state index contributed by atoms with van der Waals surface area (Å²) in [6.45, 7) is 8.12. The second-order valence-electron chi connectivity index (χ2n) is 5.96. The molecule has 0 unspecified atom stereocenters. The van der Waals surface area contributed by atoms with Crippen molar-refractivity contribution in [2.24, 2.45) is 5.92 Å². The van der Waals surface area contributed by atoms with Crippen molar-refractivity contribution in [1.29, 1.82) is 0 Å². The van der Waals surface area contributed by atoms with Crippen LogP contribution in [0.4, 0.5) is 5.69 Å². The van der Waals surface area contributed by atoms with Crippen LogP contribution >= 0.6 is 0 Å². The van der Waals surface area contributed by atoms with Crippen LogP contribution in [0.3, 0.4) is 0 Å². The van der Waals surface area contributed by atoms with Gasteiger partial charge in [-0.1, -0.05) is 19.1 Å². The number of hydrogen-bond acceptors (Lipinski definition) is 2. The summed E-state index contributed by atoms with van der Waals surface area (Å²) >= 11 is 0. The SMILES string of the molecule is CCc1ccc(N2CCC[C@H](C(C)(C)O)C2)cc1. The molecule has 1 N–H and O–H groups in total. The van der Waals surface area contributed by atoms with Gasteiger partial charge in [0, 0.05) is 24.7 Å². The Morgan fingerprint density at radius 1 is 1.28 bits per heavy atom. The Hall–Kier alpha value is -1.02. The number of benzene rings is 1. The lowest BCUT2D eigenvalue weighted by Gasteiger charge is -2.39. The highest BCUT2D eigenvalue weighted by Gasteiger charge is 2.31. The molecule has 1 heterocycles. The number of piperidine rings is 1. The maximum absolute atomic E-state index is 10.2. The summed E-state index contributed by atoms with van der Waals surface area (Å²) in [6, 6.07) is 8.85. The average Bonchev–Trinajstić information content (AvgIpc) is 2.38. The van der Waals surface area contributed by atoms with Gasteiger partial charge in [-0.15, -0.1) is 0 Å². The zero-order valence-corrected chi connectivity index (χ0v) is 11.8. The predicted molar refractivity (Wildman–Crippen MR) is 77.1 cm³/mol. The van der Waals surface area contributed by atoms with Crippen LogP contribution in [0.1, 0.15) is 39.2 Å². The predicted octanol–water partition coefficient (Wildman–Crippen LogP) is 3.24. The van der Waals surface area contributed by atoms with Crippen molar-refractivity contribution in [3.63, 3.8) is 0 Å². The maximum Gasteiger partial charge on any atom is 0.0636 e. The van der Waals surface area contributed by atoms with E-state index in [-0.39, 0.29) is 0 Å². The molecule has 1 saturated heterocycles. The number of hydrogen-bond donors (Lipinski definition) is 1. The molecule has 2 nitrogen and oxygen atoms in total. The molecule has 1 aromatic rings. The van der Waals surface area contributed by atoms with Crippen LogP contribution in [-0.4, -0.2) is 23.8 Å². The zero-order chi connectivity index (χ0) is 13.2. The van der Waals surface area contributed by atoms with Gasteiger partial charge in [-0.2, -0.15) is 0 Å². The Morgan fingerprint density at radius 2 is 1.94 bits per heavy atom. The summed E-state index contributed by atoms with van der Waals surface area (Å²) in [7, 11) is 0. The molecule has 0 bridgehead atoms. The highest BCUT2D eigenvalue weighted by Crippen LogP contribution is 2.29. The van der Waals surface area contributed by atoms with E-state index in [4.69, 9.17) is 0 Å². The molecule has 0 aliphatic carbocycles. The van der Waals surface area contributed by atoms with Crippen LogP contribution in [0.5, 0.6) is 0 Å². The molecule has 0 spiro atoms. The lowest BCUT2D eigenvalue weighted by Crippen LogP contribution is -2.44. The van der Waals surface area contributed by atoms with E-state index in [2.05, 4.69) is 36.1 Å². The van der Waals surface area contributed by atoms with Crippen molar-refractivity contribution in [3.8, 4) is 0 Å². The summed E-state index contributed by atoms with van der Waals surface area (Å²) < 4.78 is 0. The molecule has 2 heteroatoms. The minimum Gasteiger partial charge on any atom is -0.390 e. The van der Waals surface area contributed by atoms with Gasteiger partial charge in [-0.25, -0.2) is 0 Å². The highest BCUT2D eigenvalue weighted by atomic mass is 16.3. The van der Waals surface area contributed by atoms with Gasteiger partial charge in [-0.05, 0) is 50.8 Å². The quantitative estimate of drug-likeness (QED) is 0.886. The first-order valence-electron chi connectivity index (χ1n) is 7.07. The topological polar surface area (TPSA) is 23.5 Å². The lowest BCUT2D eigenvalue weighted by molar-refractivity contribution is 0.0110. The van der Waals surface area contributed by atoms with Crippen molar-refractivity contribution < 1.29 is 5.11 Å². The number of nitrogens with zero attached hydrogens (tertiary/aromatic N) is 1. The first kappa shape index (κ1) is 13.4. The standard InChI is InChI=1S/C16H25NO/c1-4-13-7-9-15(10-8-13)17-11-5-6-14(12-17)16(2,3)18/h7-10,14,18H,4-6,11-12H2,1-3H3/t14-/m0/s1. The normalized spacial score (nSPS) is 21.1. The molecule has 0 saturated carbocycles. The summed E-state index contributed by atoms with van der Waals surface area (Å²) in [6.07, 6.45) is 3.39. The molecule has 2 rings (SSSR count). The second-order valence-corrected chi connectivity index (χ2v) is 5.96. The van der Waals surface area contributed by atoms with Crippen molar-refractivity contribution in [3.05, 3.63) is 29.8 Å². The highest BCUT2D eigenvalue weighted by molar-refractivity contribution is 5.48. The Kier molecular flexibility index (Phi) is 3.96. The van der Waals surface area contributed by atoms with Gasteiger partial charge >= 0.3 is 0 Å². The number of aliphatic hydroxyl groups is 1. The number of aryl methyl sites for hydroxylation is 1. The third-order valence-corrected chi connectivity index (χ3v) is 4.13. The Balaban J connectivity index is 2.08. The number of rotatable bonds is 3. The molecular formula is C16H25NO. The smallest absolute Gasteiger partial charge is 0.0636 e. The van der Waals surface area contributed by atoms with Crippen LogP contribution in [0.15, 0.2) is 24.3 Å². The molecule has 0 amide bonds. The Morgan fingerprint density at radius 3 is 2.50 bits per heavy atom. The fraction of sp³-hybridized carbons (Fsp3) is 0.625. The van der Waals surface area contributed by atoms with Gasteiger partial charge < -0.3 is 10.0 Å². The Bertz CT molecular complexity index is 377. The third kappa shape index (κ3) is 3.05. The van der Waals surface area contributed by atoms with Crippen molar-refractivity contribution in [1.82, 2.24) is 0 Å². The van der Waals surface area contributed by atoms with Crippen LogP contribution < -0.4 is 4.90 Å². The minimum absolute atomic E-state index is 0.372. The molecule has 18 heavy (non-hydrogen) atoms. The molecular weight excluding hydrogens is 222 g/mol. The molecule has 0 radical (unpaired) electrons. The molecule has 1 aliphatic rings. The summed E-state index contributed by atoms with van der Waals surface area (Å²) in [4.78, 5) is 2.41. The third-order valence-electron chi connectivity index (χ3n) is 4.13. The van der Waals surface area contributed by atoms with Gasteiger partial charge in [0.15, 0.2) is 0 Å². The zero-order valence-electron chi connectivity index (χ0n) is 11.8. The van der Waals surface area contributed by atoms with Crippen molar-refractivity contribution >= 4 is 5.69 Å². The van der Waals surface area contributed by atoms with Gasteiger partial charge in [0.05, 0.1) is 5.60 Å². The van der Waals surface area contributed by atoms with Crippen LogP contribution in [0.25, 0.3) is 0 Å². The van der Waals surface area contributed by atoms with E-state index >= 15 is 0 Å². The van der Waals surface area contributed by atoms with E-state index in [1.807, 2.05) is 13.8 Å². The van der Waals surface area contributed by atoms with E-state index in [0.717, 1.165) is 25.9 Å². The minimum atomic E-state index is -0.567. The van der Waals surface area contributed by atoms with Gasteiger partial charge in [0.2, 0.25) is 0 Å². The summed E-state index contributed by atoms with van der Waals surface area (Å²) in [5, 5.41) is 10.2. The number of anilines is 1. The monoisotopic (exact) mass is 247 g/mol. The van der Waals surface area contributed by atoms with Crippen molar-refractivity contribution in [2.45, 2.75) is 45.6 Å². The van der Waals surface area contributed by atoms with Crippen molar-refractivity contribution in [2.75, 3.05) is 18.0 Å².